The lowest BCUT2D eigenvalue weighted by atomic mass is 10.1. The van der Waals surface area contributed by atoms with Gasteiger partial charge in [-0.3, -0.25) is 0 Å². The van der Waals surface area contributed by atoms with Gasteiger partial charge >= 0.3 is 18.1 Å². The van der Waals surface area contributed by atoms with Crippen LogP contribution < -0.4 is 14.2 Å². The van der Waals surface area contributed by atoms with Crippen molar-refractivity contribution < 1.29 is 36.3 Å². The average molecular weight is 428 g/mol. The average Bonchev–Trinajstić information content (AvgIpc) is 3.19. The molecule has 0 aliphatic rings. The highest BCUT2D eigenvalue weighted by molar-refractivity contribution is 5.61. The molecule has 0 fully saturated rings. The van der Waals surface area contributed by atoms with Gasteiger partial charge in [0.05, 0.1) is 13.3 Å². The Morgan fingerprint density at radius 3 is 2.53 bits per heavy atom. The van der Waals surface area contributed by atoms with E-state index < -0.39 is 24.2 Å². The van der Waals surface area contributed by atoms with Gasteiger partial charge in [-0.15, -0.1) is 0 Å². The number of hydrogen-bond donors (Lipinski definition) is 0. The number of aromatic nitrogens is 4. The molecule has 0 saturated carbocycles. The van der Waals surface area contributed by atoms with Gasteiger partial charge in [0.25, 0.3) is 5.88 Å². The van der Waals surface area contributed by atoms with E-state index in [9.17, 15) is 17.6 Å². The molecule has 12 heteroatoms. The summed E-state index contributed by atoms with van der Waals surface area (Å²) in [6, 6.07) is 4.47. The van der Waals surface area contributed by atoms with Gasteiger partial charge in [-0.25, -0.2) is 4.98 Å². The van der Waals surface area contributed by atoms with Gasteiger partial charge in [0.15, 0.2) is 0 Å². The standard InChI is InChI=1S/C18H16F4N4O4/c1-4-13(29-15-12(19)8-23-17(25-15)27-3)28-10-5-6-11(9(2)7-10)14-24-16(30-26-14)18(20,21)22/h5-8,13H,4H2,1-3H3. The Morgan fingerprint density at radius 2 is 1.93 bits per heavy atom. The SMILES string of the molecule is CCC(Oc1ccc(-c2noc(C(F)(F)F)n2)c(C)c1)Oc1nc(OC)ncc1F. The van der Waals surface area contributed by atoms with Crippen molar-refractivity contribution in [1.82, 2.24) is 20.1 Å². The molecule has 0 bridgehead atoms. The van der Waals surface area contributed by atoms with Gasteiger partial charge in [0.2, 0.25) is 17.9 Å². The molecule has 0 aliphatic carbocycles. The molecule has 160 valence electrons. The zero-order chi connectivity index (χ0) is 21.9. The Labute approximate surface area is 167 Å². The van der Waals surface area contributed by atoms with Crippen LogP contribution in [0.25, 0.3) is 11.4 Å². The molecular weight excluding hydrogens is 412 g/mol. The van der Waals surface area contributed by atoms with Gasteiger partial charge in [0.1, 0.15) is 5.75 Å². The number of methoxy groups -OCH3 is 1. The first-order valence-corrected chi connectivity index (χ1v) is 8.63. The number of halogens is 4. The zero-order valence-electron chi connectivity index (χ0n) is 16.0. The summed E-state index contributed by atoms with van der Waals surface area (Å²) >= 11 is 0. The second kappa shape index (κ2) is 8.51. The highest BCUT2D eigenvalue weighted by atomic mass is 19.4. The van der Waals surface area contributed by atoms with E-state index in [4.69, 9.17) is 14.2 Å². The first kappa shape index (κ1) is 21.3. The molecular formula is C18H16F4N4O4. The second-order valence-electron chi connectivity index (χ2n) is 5.98. The maximum atomic E-state index is 13.9. The van der Waals surface area contributed by atoms with Gasteiger partial charge in [0, 0.05) is 12.0 Å². The van der Waals surface area contributed by atoms with E-state index in [2.05, 4.69) is 24.6 Å². The zero-order valence-corrected chi connectivity index (χ0v) is 16.0. The number of benzene rings is 1. The van der Waals surface area contributed by atoms with E-state index >= 15 is 0 Å². The summed E-state index contributed by atoms with van der Waals surface area (Å²) in [7, 11) is 1.33. The summed E-state index contributed by atoms with van der Waals surface area (Å²) in [6.45, 7) is 3.39. The molecule has 0 N–H and O–H groups in total. The fraction of sp³-hybridized carbons (Fsp3) is 0.333. The first-order valence-electron chi connectivity index (χ1n) is 8.63. The number of nitrogens with zero attached hydrogens (tertiary/aromatic N) is 4. The van der Waals surface area contributed by atoms with Gasteiger partial charge in [-0.2, -0.15) is 27.5 Å². The minimum atomic E-state index is -4.73. The van der Waals surface area contributed by atoms with E-state index in [1.54, 1.807) is 19.9 Å². The van der Waals surface area contributed by atoms with Crippen LogP contribution in [0.1, 0.15) is 24.8 Å². The minimum Gasteiger partial charge on any atom is -0.467 e. The highest BCUT2D eigenvalue weighted by Gasteiger charge is 2.38. The van der Waals surface area contributed by atoms with Crippen molar-refractivity contribution in [2.24, 2.45) is 0 Å². The number of ether oxygens (including phenoxy) is 3. The van der Waals surface area contributed by atoms with Crippen LogP contribution in [0.2, 0.25) is 0 Å². The van der Waals surface area contributed by atoms with Crippen molar-refractivity contribution >= 4 is 0 Å². The van der Waals surface area contributed by atoms with Crippen LogP contribution in [-0.2, 0) is 6.18 Å². The molecule has 30 heavy (non-hydrogen) atoms. The molecule has 1 unspecified atom stereocenters. The third-order valence-electron chi connectivity index (χ3n) is 3.82. The summed E-state index contributed by atoms with van der Waals surface area (Å²) < 4.78 is 72.0. The Bertz CT molecular complexity index is 1030. The van der Waals surface area contributed by atoms with E-state index in [1.807, 2.05) is 0 Å². The van der Waals surface area contributed by atoms with Crippen LogP contribution in [0.5, 0.6) is 17.6 Å². The molecule has 0 spiro atoms. The van der Waals surface area contributed by atoms with Crippen molar-refractivity contribution in [1.29, 1.82) is 0 Å². The van der Waals surface area contributed by atoms with E-state index in [-0.39, 0.29) is 17.7 Å². The lowest BCUT2D eigenvalue weighted by molar-refractivity contribution is -0.159. The molecule has 0 amide bonds. The summed E-state index contributed by atoms with van der Waals surface area (Å²) in [6.07, 6.45) is -4.38. The Kier molecular flexibility index (Phi) is 6.04. The van der Waals surface area contributed by atoms with Crippen molar-refractivity contribution in [2.45, 2.75) is 32.7 Å². The van der Waals surface area contributed by atoms with Crippen LogP contribution in [-0.4, -0.2) is 33.5 Å². The Balaban J connectivity index is 1.76. The van der Waals surface area contributed by atoms with Gasteiger partial charge in [-0.1, -0.05) is 12.1 Å². The largest absolute Gasteiger partial charge is 0.471 e. The van der Waals surface area contributed by atoms with Crippen molar-refractivity contribution in [3.8, 4) is 29.0 Å². The van der Waals surface area contributed by atoms with Crippen LogP contribution in [0.4, 0.5) is 17.6 Å². The maximum Gasteiger partial charge on any atom is 0.471 e. The van der Waals surface area contributed by atoms with Gasteiger partial charge in [-0.05, 0) is 30.7 Å². The summed E-state index contributed by atoms with van der Waals surface area (Å²) in [5, 5.41) is 3.36. The maximum absolute atomic E-state index is 13.9. The molecule has 0 radical (unpaired) electrons. The van der Waals surface area contributed by atoms with Crippen molar-refractivity contribution in [3.63, 3.8) is 0 Å². The quantitative estimate of drug-likeness (QED) is 0.409. The third kappa shape index (κ3) is 4.75. The van der Waals surface area contributed by atoms with E-state index in [1.165, 1.54) is 19.2 Å². The Hall–Kier alpha value is -3.44. The molecule has 3 aromatic rings. The summed E-state index contributed by atoms with van der Waals surface area (Å²) in [5.41, 5.74) is 0.869. The predicted octanol–water partition coefficient (Wildman–Crippen LogP) is 4.20. The molecule has 0 aliphatic heterocycles. The molecule has 0 saturated heterocycles. The normalized spacial score (nSPS) is 12.5. The lowest BCUT2D eigenvalue weighted by Crippen LogP contribution is -2.24. The Morgan fingerprint density at radius 1 is 1.17 bits per heavy atom. The lowest BCUT2D eigenvalue weighted by Gasteiger charge is -2.19. The topological polar surface area (TPSA) is 92.4 Å². The number of alkyl halides is 3. The molecule has 2 aromatic heterocycles. The first-order chi connectivity index (χ1) is 14.2. The third-order valence-corrected chi connectivity index (χ3v) is 3.82. The van der Waals surface area contributed by atoms with Crippen LogP contribution in [0, 0.1) is 12.7 Å². The van der Waals surface area contributed by atoms with Crippen molar-refractivity contribution in [2.75, 3.05) is 7.11 Å². The fourth-order valence-electron chi connectivity index (χ4n) is 2.39. The monoisotopic (exact) mass is 428 g/mol. The molecule has 8 nitrogen and oxygen atoms in total. The van der Waals surface area contributed by atoms with Gasteiger partial charge < -0.3 is 18.7 Å². The summed E-state index contributed by atoms with van der Waals surface area (Å²) in [5.74, 6) is -2.43. The molecule has 1 aromatic carbocycles. The van der Waals surface area contributed by atoms with Crippen LogP contribution in [0.15, 0.2) is 28.9 Å². The molecule has 1 atom stereocenters. The minimum absolute atomic E-state index is 0.0696. The smallest absolute Gasteiger partial charge is 0.467 e. The van der Waals surface area contributed by atoms with E-state index in [0.29, 0.717) is 23.3 Å². The summed E-state index contributed by atoms with van der Waals surface area (Å²) in [4.78, 5) is 10.8. The number of aryl methyl sites for hydroxylation is 1. The van der Waals surface area contributed by atoms with Crippen molar-refractivity contribution in [3.05, 3.63) is 41.7 Å². The van der Waals surface area contributed by atoms with Crippen LogP contribution in [0.3, 0.4) is 0 Å². The second-order valence-corrected chi connectivity index (χ2v) is 5.98. The fourth-order valence-corrected chi connectivity index (χ4v) is 2.39. The van der Waals surface area contributed by atoms with Crippen LogP contribution >= 0.6 is 0 Å². The highest BCUT2D eigenvalue weighted by Crippen LogP contribution is 2.31. The number of hydrogen-bond acceptors (Lipinski definition) is 8. The van der Waals surface area contributed by atoms with E-state index in [0.717, 1.165) is 6.20 Å². The molecule has 3 rings (SSSR count). The predicted molar refractivity (Wildman–Crippen MR) is 93.4 cm³/mol. The molecule has 2 heterocycles. The number of rotatable bonds is 7.